The first-order valence-electron chi connectivity index (χ1n) is 7.49. The molecule has 1 saturated heterocycles. The Hall–Kier alpha value is -1.31. The summed E-state index contributed by atoms with van der Waals surface area (Å²) in [7, 11) is -1.69. The standard InChI is InChI=1S/C15H21ClN2O4S/c1-3-23(20,21)18-8-4-7-17(9-10-18)15(19)13-6-5-12(22-2)11-14(13)16/h5-6,11H,3-4,7-10H2,1-2H3. The molecule has 8 heteroatoms. The van der Waals surface area contributed by atoms with Crippen molar-refractivity contribution in [3.05, 3.63) is 28.8 Å². The van der Waals surface area contributed by atoms with E-state index in [4.69, 9.17) is 16.3 Å². The highest BCUT2D eigenvalue weighted by molar-refractivity contribution is 7.89. The number of hydrogen-bond donors (Lipinski definition) is 0. The minimum absolute atomic E-state index is 0.0747. The molecule has 0 bridgehead atoms. The minimum Gasteiger partial charge on any atom is -0.497 e. The van der Waals surface area contributed by atoms with Crippen LogP contribution in [0.1, 0.15) is 23.7 Å². The second kappa shape index (κ2) is 7.51. The number of rotatable bonds is 4. The molecule has 1 aliphatic heterocycles. The molecule has 0 radical (unpaired) electrons. The van der Waals surface area contributed by atoms with E-state index in [9.17, 15) is 13.2 Å². The summed E-state index contributed by atoms with van der Waals surface area (Å²) in [5, 5.41) is 0.330. The van der Waals surface area contributed by atoms with Crippen LogP contribution in [0, 0.1) is 0 Å². The van der Waals surface area contributed by atoms with E-state index in [0.717, 1.165) is 0 Å². The molecule has 1 aromatic rings. The van der Waals surface area contributed by atoms with E-state index in [2.05, 4.69) is 0 Å². The Morgan fingerprint density at radius 2 is 2.00 bits per heavy atom. The lowest BCUT2D eigenvalue weighted by molar-refractivity contribution is 0.0764. The van der Waals surface area contributed by atoms with Crippen molar-refractivity contribution in [3.8, 4) is 5.75 Å². The third-order valence-electron chi connectivity index (χ3n) is 3.91. The summed E-state index contributed by atoms with van der Waals surface area (Å²) >= 11 is 6.15. The third kappa shape index (κ3) is 4.16. The van der Waals surface area contributed by atoms with Gasteiger partial charge >= 0.3 is 0 Å². The fourth-order valence-electron chi connectivity index (χ4n) is 2.52. The molecule has 0 atom stereocenters. The predicted octanol–water partition coefficient (Wildman–Crippen LogP) is 1.85. The Kier molecular flexibility index (Phi) is 5.89. The average molecular weight is 361 g/mol. The van der Waals surface area contributed by atoms with Crippen molar-refractivity contribution in [2.45, 2.75) is 13.3 Å². The molecule has 0 unspecified atom stereocenters. The van der Waals surface area contributed by atoms with Gasteiger partial charge in [-0.25, -0.2) is 12.7 Å². The molecular formula is C15H21ClN2O4S. The molecule has 1 aromatic carbocycles. The van der Waals surface area contributed by atoms with Crippen molar-refractivity contribution in [2.24, 2.45) is 0 Å². The predicted molar refractivity (Wildman–Crippen MR) is 89.6 cm³/mol. The van der Waals surface area contributed by atoms with Crippen LogP contribution in [0.5, 0.6) is 5.75 Å². The van der Waals surface area contributed by atoms with Gasteiger partial charge in [0, 0.05) is 26.2 Å². The van der Waals surface area contributed by atoms with E-state index >= 15 is 0 Å². The van der Waals surface area contributed by atoms with Gasteiger partial charge in [0.1, 0.15) is 5.75 Å². The molecule has 1 aliphatic rings. The van der Waals surface area contributed by atoms with Crippen molar-refractivity contribution in [2.75, 3.05) is 39.0 Å². The zero-order valence-electron chi connectivity index (χ0n) is 13.3. The van der Waals surface area contributed by atoms with Crippen LogP contribution in [0.15, 0.2) is 18.2 Å². The number of carbonyl (C=O) groups excluding carboxylic acids is 1. The van der Waals surface area contributed by atoms with Crippen LogP contribution >= 0.6 is 11.6 Å². The maximum Gasteiger partial charge on any atom is 0.255 e. The summed E-state index contributed by atoms with van der Waals surface area (Å²) in [4.78, 5) is 14.3. The van der Waals surface area contributed by atoms with Gasteiger partial charge in [0.25, 0.3) is 5.91 Å². The maximum atomic E-state index is 12.6. The first-order valence-corrected chi connectivity index (χ1v) is 9.48. The van der Waals surface area contributed by atoms with Crippen LogP contribution in [0.3, 0.4) is 0 Å². The van der Waals surface area contributed by atoms with Gasteiger partial charge in [-0.05, 0) is 31.5 Å². The monoisotopic (exact) mass is 360 g/mol. The lowest BCUT2D eigenvalue weighted by Crippen LogP contribution is -2.38. The molecule has 0 N–H and O–H groups in total. The molecule has 2 rings (SSSR count). The van der Waals surface area contributed by atoms with Crippen LogP contribution in [-0.2, 0) is 10.0 Å². The van der Waals surface area contributed by atoms with E-state index in [-0.39, 0.29) is 11.7 Å². The Morgan fingerprint density at radius 3 is 2.61 bits per heavy atom. The van der Waals surface area contributed by atoms with Crippen molar-refractivity contribution in [3.63, 3.8) is 0 Å². The van der Waals surface area contributed by atoms with Gasteiger partial charge in [-0.1, -0.05) is 11.6 Å². The van der Waals surface area contributed by atoms with E-state index in [1.807, 2.05) is 0 Å². The molecule has 1 amide bonds. The van der Waals surface area contributed by atoms with Crippen molar-refractivity contribution < 1.29 is 17.9 Å². The molecule has 0 spiro atoms. The Morgan fingerprint density at radius 1 is 1.26 bits per heavy atom. The zero-order chi connectivity index (χ0) is 17.0. The topological polar surface area (TPSA) is 66.9 Å². The summed E-state index contributed by atoms with van der Waals surface area (Å²) < 4.78 is 30.5. The highest BCUT2D eigenvalue weighted by atomic mass is 35.5. The Bertz CT molecular complexity index is 678. The summed E-state index contributed by atoms with van der Waals surface area (Å²) in [5.41, 5.74) is 0.402. The molecule has 23 heavy (non-hydrogen) atoms. The Balaban J connectivity index is 2.12. The molecule has 128 valence electrons. The van der Waals surface area contributed by atoms with Crippen molar-refractivity contribution in [1.29, 1.82) is 0 Å². The molecule has 1 heterocycles. The largest absolute Gasteiger partial charge is 0.497 e. The SMILES string of the molecule is CCS(=O)(=O)N1CCCN(C(=O)c2ccc(OC)cc2Cl)CC1. The van der Waals surface area contributed by atoms with Crippen LogP contribution in [0.2, 0.25) is 5.02 Å². The van der Waals surface area contributed by atoms with Gasteiger partial charge < -0.3 is 9.64 Å². The first-order chi connectivity index (χ1) is 10.9. The number of halogens is 1. The quantitative estimate of drug-likeness (QED) is 0.821. The number of amides is 1. The van der Waals surface area contributed by atoms with Gasteiger partial charge in [-0.3, -0.25) is 4.79 Å². The number of hydrogen-bond acceptors (Lipinski definition) is 4. The van der Waals surface area contributed by atoms with Crippen LogP contribution in [-0.4, -0.2) is 62.6 Å². The molecule has 0 aromatic heterocycles. The van der Waals surface area contributed by atoms with Gasteiger partial charge in [0.05, 0.1) is 23.4 Å². The molecular weight excluding hydrogens is 340 g/mol. The highest BCUT2D eigenvalue weighted by Gasteiger charge is 2.26. The maximum absolute atomic E-state index is 12.6. The van der Waals surface area contributed by atoms with E-state index < -0.39 is 10.0 Å². The van der Waals surface area contributed by atoms with Crippen molar-refractivity contribution >= 4 is 27.5 Å². The van der Waals surface area contributed by atoms with Gasteiger partial charge in [-0.15, -0.1) is 0 Å². The van der Waals surface area contributed by atoms with Gasteiger partial charge in [0.15, 0.2) is 0 Å². The molecule has 1 fully saturated rings. The van der Waals surface area contributed by atoms with Crippen molar-refractivity contribution in [1.82, 2.24) is 9.21 Å². The van der Waals surface area contributed by atoms with Crippen LogP contribution < -0.4 is 4.74 Å². The smallest absolute Gasteiger partial charge is 0.255 e. The summed E-state index contributed by atoms with van der Waals surface area (Å²) in [6, 6.07) is 4.92. The minimum atomic E-state index is -3.22. The lowest BCUT2D eigenvalue weighted by atomic mass is 10.2. The summed E-state index contributed by atoms with van der Waals surface area (Å²) in [6.07, 6.45) is 0.610. The van der Waals surface area contributed by atoms with Crippen LogP contribution in [0.25, 0.3) is 0 Å². The van der Waals surface area contributed by atoms with E-state index in [0.29, 0.717) is 48.9 Å². The first kappa shape index (κ1) is 18.0. The fourth-order valence-corrected chi connectivity index (χ4v) is 3.91. The number of benzene rings is 1. The summed E-state index contributed by atoms with van der Waals surface area (Å²) in [5.74, 6) is 0.474. The van der Waals surface area contributed by atoms with E-state index in [1.165, 1.54) is 11.4 Å². The lowest BCUT2D eigenvalue weighted by Gasteiger charge is -2.22. The number of nitrogens with zero attached hydrogens (tertiary/aromatic N) is 2. The number of ether oxygens (including phenoxy) is 1. The van der Waals surface area contributed by atoms with Crippen LogP contribution in [0.4, 0.5) is 0 Å². The molecule has 6 nitrogen and oxygen atoms in total. The average Bonchev–Trinajstić information content (AvgIpc) is 2.80. The summed E-state index contributed by atoms with van der Waals surface area (Å²) in [6.45, 7) is 3.25. The highest BCUT2D eigenvalue weighted by Crippen LogP contribution is 2.24. The Labute approximate surface area is 142 Å². The van der Waals surface area contributed by atoms with Gasteiger partial charge in [-0.2, -0.15) is 0 Å². The second-order valence-electron chi connectivity index (χ2n) is 5.29. The molecule has 0 aliphatic carbocycles. The normalized spacial score (nSPS) is 16.9. The second-order valence-corrected chi connectivity index (χ2v) is 7.96. The zero-order valence-corrected chi connectivity index (χ0v) is 14.9. The fraction of sp³-hybridized carbons (Fsp3) is 0.533. The number of carbonyl (C=O) groups is 1. The molecule has 0 saturated carbocycles. The number of methoxy groups -OCH3 is 1. The van der Waals surface area contributed by atoms with Gasteiger partial charge in [0.2, 0.25) is 10.0 Å². The van der Waals surface area contributed by atoms with E-state index in [1.54, 1.807) is 30.0 Å². The number of sulfonamides is 1. The third-order valence-corrected chi connectivity index (χ3v) is 6.10.